The van der Waals surface area contributed by atoms with Gasteiger partial charge in [0, 0.05) is 70.1 Å². The Morgan fingerprint density at radius 3 is 2.40 bits per heavy atom. The molecule has 0 bridgehead atoms. The lowest BCUT2D eigenvalue weighted by Crippen LogP contribution is -2.45. The molecule has 3 aromatic rings. The third-order valence-corrected chi connectivity index (χ3v) is 8.24. The van der Waals surface area contributed by atoms with Gasteiger partial charge in [0.15, 0.2) is 5.82 Å². The summed E-state index contributed by atoms with van der Waals surface area (Å²) in [5.74, 6) is -1.07. The Morgan fingerprint density at radius 1 is 1.09 bits per heavy atom. The predicted molar refractivity (Wildman–Crippen MR) is 162 cm³/mol. The first-order chi connectivity index (χ1) is 21.3. The highest BCUT2D eigenvalue weighted by molar-refractivity contribution is 5.93. The average molecular weight is 627 g/mol. The maximum absolute atomic E-state index is 15.0. The van der Waals surface area contributed by atoms with Gasteiger partial charge >= 0.3 is 12.1 Å². The Kier molecular flexibility index (Phi) is 9.21. The lowest BCUT2D eigenvalue weighted by molar-refractivity contribution is 0.0504. The molecule has 0 aliphatic carbocycles. The molecule has 12 nitrogen and oxygen atoms in total. The van der Waals surface area contributed by atoms with Gasteiger partial charge in [-0.1, -0.05) is 12.1 Å². The van der Waals surface area contributed by atoms with Crippen molar-refractivity contribution in [1.82, 2.24) is 30.3 Å². The van der Waals surface area contributed by atoms with Crippen molar-refractivity contribution >= 4 is 24.0 Å². The van der Waals surface area contributed by atoms with Gasteiger partial charge in [-0.25, -0.2) is 23.5 Å². The second kappa shape index (κ2) is 12.9. The molecular weight excluding hydrogens is 586 g/mol. The standard InChI is InChI=1S/C31H40F2N8O4/c1-7-26-37-29(45-38-26)40-10-8-20(9-11-40)39(6)27(42)19-14-34-28(35-15-19)41-16-22(21-12-18(2)23(32)13-24(21)33)25(17-41)36-30(43)44-31(3,4)5/h12-15,20,22,25H,7-11,16-17H2,1-6H3,(H,36,43)/t22-,25+/m1/s1. The molecule has 2 saturated heterocycles. The Labute approximate surface area is 261 Å². The van der Waals surface area contributed by atoms with E-state index in [1.54, 1.807) is 44.5 Å². The number of ether oxygens (including phenoxy) is 1. The molecule has 2 amide bonds. The number of benzene rings is 1. The molecule has 2 aromatic heterocycles. The summed E-state index contributed by atoms with van der Waals surface area (Å²) >= 11 is 0. The maximum Gasteiger partial charge on any atom is 0.407 e. The van der Waals surface area contributed by atoms with E-state index in [4.69, 9.17) is 9.26 Å². The van der Waals surface area contributed by atoms with Crippen LogP contribution < -0.4 is 15.1 Å². The number of piperidine rings is 1. The summed E-state index contributed by atoms with van der Waals surface area (Å²) < 4.78 is 39.9. The molecule has 14 heteroatoms. The van der Waals surface area contributed by atoms with E-state index in [2.05, 4.69) is 25.4 Å². The van der Waals surface area contributed by atoms with Crippen LogP contribution in [0, 0.1) is 18.6 Å². The fraction of sp³-hybridized carbons (Fsp3) is 0.548. The lowest BCUT2D eigenvalue weighted by atomic mass is 9.92. The monoisotopic (exact) mass is 626 g/mol. The van der Waals surface area contributed by atoms with Crippen LogP contribution in [0.5, 0.6) is 0 Å². The zero-order valence-electron chi connectivity index (χ0n) is 26.5. The molecule has 2 atom stereocenters. The van der Waals surface area contributed by atoms with Crippen molar-refractivity contribution in [2.24, 2.45) is 0 Å². The molecule has 2 aliphatic rings. The largest absolute Gasteiger partial charge is 0.444 e. The zero-order chi connectivity index (χ0) is 32.5. The van der Waals surface area contributed by atoms with Crippen molar-refractivity contribution in [2.45, 2.75) is 77.5 Å². The van der Waals surface area contributed by atoms with Crippen molar-refractivity contribution in [3.63, 3.8) is 0 Å². The topological polar surface area (TPSA) is 130 Å². The van der Waals surface area contributed by atoms with Crippen molar-refractivity contribution in [3.05, 3.63) is 58.7 Å². The van der Waals surface area contributed by atoms with E-state index in [0.717, 1.165) is 18.9 Å². The number of anilines is 2. The van der Waals surface area contributed by atoms with E-state index in [-0.39, 0.29) is 30.6 Å². The van der Waals surface area contributed by atoms with Gasteiger partial charge in [0.05, 0.1) is 11.6 Å². The first-order valence-electron chi connectivity index (χ1n) is 15.2. The van der Waals surface area contributed by atoms with Crippen LogP contribution in [0.25, 0.3) is 0 Å². The summed E-state index contributed by atoms with van der Waals surface area (Å²) in [4.78, 5) is 44.9. The Bertz CT molecular complexity index is 1520. The Hall–Kier alpha value is -4.36. The summed E-state index contributed by atoms with van der Waals surface area (Å²) in [6.07, 6.45) is 4.50. The van der Waals surface area contributed by atoms with E-state index < -0.39 is 35.3 Å². The molecule has 0 saturated carbocycles. The van der Waals surface area contributed by atoms with Crippen molar-refractivity contribution in [3.8, 4) is 0 Å². The second-order valence-electron chi connectivity index (χ2n) is 12.6. The molecule has 2 aliphatic heterocycles. The number of hydrogen-bond donors (Lipinski definition) is 1. The SMILES string of the molecule is CCc1noc(N2CCC(N(C)C(=O)c3cnc(N4C[C@H](NC(=O)OC(C)(C)C)[C@@H](c5cc(C)c(F)cc5F)C4)nc3)CC2)n1. The quantitative estimate of drug-likeness (QED) is 0.406. The van der Waals surface area contributed by atoms with Crippen LogP contribution in [-0.2, 0) is 11.2 Å². The van der Waals surface area contributed by atoms with Crippen LogP contribution in [0.15, 0.2) is 29.0 Å². The van der Waals surface area contributed by atoms with Gasteiger partial charge in [-0.3, -0.25) is 4.79 Å². The second-order valence-corrected chi connectivity index (χ2v) is 12.6. The molecule has 1 N–H and O–H groups in total. The van der Waals surface area contributed by atoms with Gasteiger partial charge in [-0.05, 0) is 57.7 Å². The number of alkyl carbamates (subject to hydrolysis) is 1. The lowest BCUT2D eigenvalue weighted by Gasteiger charge is -2.35. The van der Waals surface area contributed by atoms with E-state index in [1.807, 2.05) is 11.8 Å². The number of rotatable bonds is 7. The molecule has 45 heavy (non-hydrogen) atoms. The molecule has 242 valence electrons. The minimum Gasteiger partial charge on any atom is -0.444 e. The normalized spacial score (nSPS) is 19.1. The van der Waals surface area contributed by atoms with Gasteiger partial charge in [0.25, 0.3) is 5.91 Å². The molecule has 0 spiro atoms. The minimum atomic E-state index is -0.724. The number of nitrogens with one attached hydrogen (secondary N) is 1. The number of aryl methyl sites for hydroxylation is 2. The number of hydrogen-bond acceptors (Lipinski definition) is 10. The van der Waals surface area contributed by atoms with Gasteiger partial charge in [-0.2, -0.15) is 4.98 Å². The highest BCUT2D eigenvalue weighted by Crippen LogP contribution is 2.33. The van der Waals surface area contributed by atoms with Crippen LogP contribution in [0.1, 0.15) is 73.8 Å². The van der Waals surface area contributed by atoms with Gasteiger partial charge in [0.2, 0.25) is 5.95 Å². The Morgan fingerprint density at radius 2 is 1.78 bits per heavy atom. The third-order valence-electron chi connectivity index (χ3n) is 8.24. The Balaban J connectivity index is 1.26. The zero-order valence-corrected chi connectivity index (χ0v) is 26.5. The smallest absolute Gasteiger partial charge is 0.407 e. The molecule has 5 rings (SSSR count). The van der Waals surface area contributed by atoms with E-state index in [0.29, 0.717) is 48.4 Å². The molecule has 4 heterocycles. The fourth-order valence-electron chi connectivity index (χ4n) is 5.78. The highest BCUT2D eigenvalue weighted by atomic mass is 19.1. The number of amides is 2. The van der Waals surface area contributed by atoms with E-state index in [1.165, 1.54) is 18.5 Å². The van der Waals surface area contributed by atoms with E-state index >= 15 is 0 Å². The van der Waals surface area contributed by atoms with Crippen LogP contribution in [0.3, 0.4) is 0 Å². The number of nitrogens with zero attached hydrogens (tertiary/aromatic N) is 7. The van der Waals surface area contributed by atoms with Crippen LogP contribution >= 0.6 is 0 Å². The number of halogens is 2. The molecule has 0 radical (unpaired) electrons. The van der Waals surface area contributed by atoms with Gasteiger partial charge in [-0.15, -0.1) is 0 Å². The van der Waals surface area contributed by atoms with Gasteiger partial charge in [0.1, 0.15) is 17.2 Å². The van der Waals surface area contributed by atoms with E-state index in [9.17, 15) is 18.4 Å². The van der Waals surface area contributed by atoms with Crippen molar-refractivity contribution in [1.29, 1.82) is 0 Å². The number of aromatic nitrogens is 4. The molecule has 1 aromatic carbocycles. The fourth-order valence-corrected chi connectivity index (χ4v) is 5.78. The third kappa shape index (κ3) is 7.31. The predicted octanol–water partition coefficient (Wildman–Crippen LogP) is 4.25. The summed E-state index contributed by atoms with van der Waals surface area (Å²) in [5.41, 5.74) is 0.197. The highest BCUT2D eigenvalue weighted by Gasteiger charge is 2.39. The maximum atomic E-state index is 15.0. The molecular formula is C31H40F2N8O4. The first kappa shape index (κ1) is 32.0. The van der Waals surface area contributed by atoms with Crippen LogP contribution in [-0.4, -0.2) is 87.9 Å². The summed E-state index contributed by atoms with van der Waals surface area (Å²) in [6, 6.07) is 2.29. The van der Waals surface area contributed by atoms with Gasteiger partial charge < -0.3 is 29.3 Å². The molecule has 2 fully saturated rings. The van der Waals surface area contributed by atoms with Crippen LogP contribution in [0.4, 0.5) is 25.5 Å². The van der Waals surface area contributed by atoms with Crippen LogP contribution in [0.2, 0.25) is 0 Å². The first-order valence-corrected chi connectivity index (χ1v) is 15.2. The van der Waals surface area contributed by atoms with Crippen molar-refractivity contribution < 1.29 is 27.6 Å². The summed E-state index contributed by atoms with van der Waals surface area (Å²) in [5, 5.41) is 6.81. The average Bonchev–Trinajstić information content (AvgIpc) is 3.65. The van der Waals surface area contributed by atoms with Crippen molar-refractivity contribution in [2.75, 3.05) is 43.0 Å². The minimum absolute atomic E-state index is 0.0232. The molecule has 0 unspecified atom stereocenters. The number of carbonyl (C=O) groups excluding carboxylic acids is 2. The number of carbonyl (C=O) groups is 2. The summed E-state index contributed by atoms with van der Waals surface area (Å²) in [6.45, 7) is 10.7. The summed E-state index contributed by atoms with van der Waals surface area (Å²) in [7, 11) is 1.77.